The normalized spacial score (nSPS) is 11.1. The summed E-state index contributed by atoms with van der Waals surface area (Å²) in [4.78, 5) is 7.00. The number of halogens is 2. The lowest BCUT2D eigenvalue weighted by molar-refractivity contribution is 0.882. The number of alkyl halides is 2. The summed E-state index contributed by atoms with van der Waals surface area (Å²) in [5, 5.41) is 2.29. The second-order valence-corrected chi connectivity index (χ2v) is 5.62. The van der Waals surface area contributed by atoms with Crippen LogP contribution in [0.2, 0.25) is 0 Å². The first-order chi connectivity index (χ1) is 10.3. The summed E-state index contributed by atoms with van der Waals surface area (Å²) in [5.41, 5.74) is 3.18. The number of aromatic nitrogens is 1. The fourth-order valence-electron chi connectivity index (χ4n) is 2.70. The van der Waals surface area contributed by atoms with Gasteiger partial charge in [0.25, 0.3) is 0 Å². The minimum Gasteiger partial charge on any atom is -0.368 e. The van der Waals surface area contributed by atoms with Gasteiger partial charge < -0.3 is 4.90 Å². The van der Waals surface area contributed by atoms with Crippen LogP contribution in [0.5, 0.6) is 0 Å². The van der Waals surface area contributed by atoms with Crippen LogP contribution in [0, 0.1) is 0 Å². The van der Waals surface area contributed by atoms with Crippen LogP contribution in [0.25, 0.3) is 21.8 Å². The molecule has 0 fully saturated rings. The lowest BCUT2D eigenvalue weighted by Crippen LogP contribution is -2.28. The standard InChI is InChI=1S/C17H16Cl2N2/c18-9-11-21(12-10-19)17-13-5-1-3-7-15(13)20-16-8-4-2-6-14(16)17/h1-8H,9-12H2. The van der Waals surface area contributed by atoms with Crippen LogP contribution in [0.4, 0.5) is 5.69 Å². The van der Waals surface area contributed by atoms with E-state index in [0.717, 1.165) is 34.9 Å². The van der Waals surface area contributed by atoms with Gasteiger partial charge in [0.2, 0.25) is 0 Å². The first kappa shape index (κ1) is 14.4. The van der Waals surface area contributed by atoms with E-state index in [1.54, 1.807) is 0 Å². The van der Waals surface area contributed by atoms with E-state index in [-0.39, 0.29) is 0 Å². The summed E-state index contributed by atoms with van der Waals surface area (Å²) < 4.78 is 0. The van der Waals surface area contributed by atoms with Crippen molar-refractivity contribution < 1.29 is 0 Å². The average Bonchev–Trinajstić information content (AvgIpc) is 2.52. The Morgan fingerprint density at radius 2 is 1.24 bits per heavy atom. The van der Waals surface area contributed by atoms with Crippen LogP contribution >= 0.6 is 23.2 Å². The van der Waals surface area contributed by atoms with Crippen molar-refractivity contribution in [1.29, 1.82) is 0 Å². The molecule has 3 rings (SSSR count). The molecule has 21 heavy (non-hydrogen) atoms. The Labute approximate surface area is 134 Å². The largest absolute Gasteiger partial charge is 0.368 e. The van der Waals surface area contributed by atoms with E-state index in [1.807, 2.05) is 36.4 Å². The Morgan fingerprint density at radius 1 is 0.762 bits per heavy atom. The zero-order valence-corrected chi connectivity index (χ0v) is 13.1. The molecule has 1 aromatic heterocycles. The molecule has 0 aliphatic carbocycles. The maximum Gasteiger partial charge on any atom is 0.0730 e. The third-order valence-corrected chi connectivity index (χ3v) is 3.92. The molecule has 2 aromatic carbocycles. The molecule has 0 aliphatic heterocycles. The van der Waals surface area contributed by atoms with Crippen molar-refractivity contribution in [3.8, 4) is 0 Å². The molecule has 4 heteroatoms. The van der Waals surface area contributed by atoms with E-state index in [4.69, 9.17) is 28.2 Å². The third kappa shape index (κ3) is 2.78. The van der Waals surface area contributed by atoms with Crippen molar-refractivity contribution in [2.75, 3.05) is 29.7 Å². The van der Waals surface area contributed by atoms with Gasteiger partial charge in [0.15, 0.2) is 0 Å². The zero-order chi connectivity index (χ0) is 14.7. The van der Waals surface area contributed by atoms with Gasteiger partial charge in [0, 0.05) is 35.6 Å². The molecule has 3 aromatic rings. The average molecular weight is 319 g/mol. The van der Waals surface area contributed by atoms with Gasteiger partial charge in [-0.3, -0.25) is 0 Å². The lowest BCUT2D eigenvalue weighted by atomic mass is 10.1. The molecular weight excluding hydrogens is 303 g/mol. The van der Waals surface area contributed by atoms with Gasteiger partial charge in [0.05, 0.1) is 16.7 Å². The summed E-state index contributed by atoms with van der Waals surface area (Å²) >= 11 is 12.0. The molecule has 0 radical (unpaired) electrons. The van der Waals surface area contributed by atoms with Crippen molar-refractivity contribution in [1.82, 2.24) is 4.98 Å². The highest BCUT2D eigenvalue weighted by atomic mass is 35.5. The number of hydrogen-bond donors (Lipinski definition) is 0. The summed E-state index contributed by atoms with van der Waals surface area (Å²) in [7, 11) is 0. The zero-order valence-electron chi connectivity index (χ0n) is 11.6. The van der Waals surface area contributed by atoms with E-state index < -0.39 is 0 Å². The number of benzene rings is 2. The van der Waals surface area contributed by atoms with Gasteiger partial charge in [0.1, 0.15) is 0 Å². The fourth-order valence-corrected chi connectivity index (χ4v) is 3.11. The SMILES string of the molecule is ClCCN(CCCl)c1c2ccccc2nc2ccccc12. The molecule has 108 valence electrons. The molecule has 0 aliphatic rings. The Morgan fingerprint density at radius 3 is 1.71 bits per heavy atom. The molecule has 0 unspecified atom stereocenters. The van der Waals surface area contributed by atoms with Crippen molar-refractivity contribution in [2.24, 2.45) is 0 Å². The maximum absolute atomic E-state index is 5.98. The van der Waals surface area contributed by atoms with Crippen molar-refractivity contribution >= 4 is 50.7 Å². The van der Waals surface area contributed by atoms with Crippen molar-refractivity contribution in [3.63, 3.8) is 0 Å². The number of anilines is 1. The fraction of sp³-hybridized carbons (Fsp3) is 0.235. The molecule has 0 amide bonds. The van der Waals surface area contributed by atoms with Gasteiger partial charge in [-0.25, -0.2) is 4.98 Å². The van der Waals surface area contributed by atoms with Gasteiger partial charge >= 0.3 is 0 Å². The molecule has 2 nitrogen and oxygen atoms in total. The van der Waals surface area contributed by atoms with Crippen molar-refractivity contribution in [3.05, 3.63) is 48.5 Å². The van der Waals surface area contributed by atoms with Gasteiger partial charge in [-0.2, -0.15) is 0 Å². The van der Waals surface area contributed by atoms with Crippen LogP contribution in [0.1, 0.15) is 0 Å². The molecule has 0 saturated heterocycles. The molecule has 0 spiro atoms. The Bertz CT molecular complexity index is 698. The second-order valence-electron chi connectivity index (χ2n) is 4.86. The number of fused-ring (bicyclic) bond motifs is 2. The summed E-state index contributed by atoms with van der Waals surface area (Å²) in [5.74, 6) is 1.14. The van der Waals surface area contributed by atoms with Gasteiger partial charge in [-0.05, 0) is 12.1 Å². The predicted octanol–water partition coefficient (Wildman–Crippen LogP) is 4.67. The minimum absolute atomic E-state index is 0.571. The van der Waals surface area contributed by atoms with Gasteiger partial charge in [-0.1, -0.05) is 36.4 Å². The molecular formula is C17H16Cl2N2. The highest BCUT2D eigenvalue weighted by Gasteiger charge is 2.14. The number of rotatable bonds is 5. The molecule has 0 bridgehead atoms. The number of hydrogen-bond acceptors (Lipinski definition) is 2. The minimum atomic E-state index is 0.571. The molecule has 1 heterocycles. The summed E-state index contributed by atoms with van der Waals surface area (Å²) in [6.45, 7) is 1.54. The third-order valence-electron chi connectivity index (χ3n) is 3.58. The van der Waals surface area contributed by atoms with E-state index in [9.17, 15) is 0 Å². The predicted molar refractivity (Wildman–Crippen MR) is 92.9 cm³/mol. The van der Waals surface area contributed by atoms with E-state index >= 15 is 0 Å². The summed E-state index contributed by atoms with van der Waals surface area (Å²) in [6.07, 6.45) is 0. The van der Waals surface area contributed by atoms with Crippen LogP contribution < -0.4 is 4.90 Å². The van der Waals surface area contributed by atoms with E-state index in [0.29, 0.717) is 11.8 Å². The molecule has 0 saturated carbocycles. The highest BCUT2D eigenvalue weighted by molar-refractivity contribution is 6.19. The number of pyridine rings is 1. The van der Waals surface area contributed by atoms with Crippen LogP contribution in [-0.4, -0.2) is 29.8 Å². The lowest BCUT2D eigenvalue weighted by Gasteiger charge is -2.26. The Kier molecular flexibility index (Phi) is 4.47. The summed E-state index contributed by atoms with van der Waals surface area (Å²) in [6, 6.07) is 16.4. The molecule has 0 atom stereocenters. The van der Waals surface area contributed by atoms with Crippen LogP contribution in [0.3, 0.4) is 0 Å². The van der Waals surface area contributed by atoms with Crippen molar-refractivity contribution in [2.45, 2.75) is 0 Å². The smallest absolute Gasteiger partial charge is 0.0730 e. The number of nitrogens with zero attached hydrogens (tertiary/aromatic N) is 2. The van der Waals surface area contributed by atoms with E-state index in [2.05, 4.69) is 17.0 Å². The van der Waals surface area contributed by atoms with Crippen LogP contribution in [-0.2, 0) is 0 Å². The molecule has 0 N–H and O–H groups in total. The van der Waals surface area contributed by atoms with Gasteiger partial charge in [-0.15, -0.1) is 23.2 Å². The highest BCUT2D eigenvalue weighted by Crippen LogP contribution is 2.33. The van der Waals surface area contributed by atoms with E-state index in [1.165, 1.54) is 5.69 Å². The monoisotopic (exact) mass is 318 g/mol. The Hall–Kier alpha value is -1.51. The first-order valence-electron chi connectivity index (χ1n) is 6.99. The Balaban J connectivity index is 2.33. The quantitative estimate of drug-likeness (QED) is 0.502. The second kappa shape index (κ2) is 6.50. The topological polar surface area (TPSA) is 16.1 Å². The first-order valence-corrected chi connectivity index (χ1v) is 8.06. The maximum atomic E-state index is 5.98. The van der Waals surface area contributed by atoms with Crippen LogP contribution in [0.15, 0.2) is 48.5 Å². The number of para-hydroxylation sites is 2.